The average Bonchev–Trinajstić information content (AvgIpc) is 3.12. The van der Waals surface area contributed by atoms with Crippen LogP contribution in [0, 0.1) is 11.3 Å². The maximum Gasteiger partial charge on any atom is 0.338 e. The minimum atomic E-state index is -0.749. The molecule has 0 amide bonds. The predicted octanol–water partition coefficient (Wildman–Crippen LogP) is 3.43. The van der Waals surface area contributed by atoms with Crippen molar-refractivity contribution in [1.82, 2.24) is 4.57 Å². The third-order valence-corrected chi connectivity index (χ3v) is 7.30. The fraction of sp³-hybridized carbons (Fsp3) is 0.125. The summed E-state index contributed by atoms with van der Waals surface area (Å²) in [6, 6.07) is 17.0. The second-order valence-electron chi connectivity index (χ2n) is 7.14. The van der Waals surface area contributed by atoms with Gasteiger partial charge < -0.3 is 10.5 Å². The fourth-order valence-electron chi connectivity index (χ4n) is 3.66. The first-order valence-corrected chi connectivity index (χ1v) is 12.3. The van der Waals surface area contributed by atoms with Gasteiger partial charge >= 0.3 is 5.97 Å². The molecule has 2 heterocycles. The van der Waals surface area contributed by atoms with Gasteiger partial charge in [-0.1, -0.05) is 56.1 Å². The number of halogens is 2. The van der Waals surface area contributed by atoms with Crippen molar-refractivity contribution < 1.29 is 9.53 Å². The molecule has 1 aliphatic rings. The Labute approximate surface area is 210 Å². The van der Waals surface area contributed by atoms with Crippen LogP contribution in [0.15, 0.2) is 67.8 Å². The fourth-order valence-corrected chi connectivity index (χ4v) is 5.32. The van der Waals surface area contributed by atoms with Gasteiger partial charge in [0, 0.05) is 8.95 Å². The summed E-state index contributed by atoms with van der Waals surface area (Å²) in [6.45, 7) is 1.83. The van der Waals surface area contributed by atoms with E-state index in [1.54, 1.807) is 13.0 Å². The van der Waals surface area contributed by atoms with Crippen LogP contribution < -0.4 is 20.5 Å². The van der Waals surface area contributed by atoms with E-state index in [0.29, 0.717) is 14.8 Å². The highest BCUT2D eigenvalue weighted by Gasteiger charge is 2.36. The molecule has 1 aromatic heterocycles. The number of nitrogens with two attached hydrogens (primary N) is 1. The van der Waals surface area contributed by atoms with Gasteiger partial charge in [0.25, 0.3) is 5.56 Å². The maximum atomic E-state index is 13.3. The first-order valence-electron chi connectivity index (χ1n) is 9.91. The smallest absolute Gasteiger partial charge is 0.338 e. The van der Waals surface area contributed by atoms with Crippen LogP contribution in [0.4, 0.5) is 0 Å². The van der Waals surface area contributed by atoms with Crippen LogP contribution in [0.25, 0.3) is 17.5 Å². The molecule has 0 radical (unpaired) electrons. The molecule has 3 aromatic rings. The molecule has 2 N–H and O–H groups in total. The van der Waals surface area contributed by atoms with E-state index in [9.17, 15) is 14.9 Å². The number of aromatic nitrogens is 1. The molecule has 0 aliphatic carbocycles. The molecule has 33 heavy (non-hydrogen) atoms. The van der Waals surface area contributed by atoms with Crippen LogP contribution in [0.5, 0.6) is 0 Å². The Balaban J connectivity index is 2.05. The second kappa shape index (κ2) is 9.51. The van der Waals surface area contributed by atoms with E-state index in [1.807, 2.05) is 48.5 Å². The lowest BCUT2D eigenvalue weighted by Gasteiger charge is -2.25. The van der Waals surface area contributed by atoms with Gasteiger partial charge in [0.2, 0.25) is 0 Å². The van der Waals surface area contributed by atoms with E-state index < -0.39 is 11.9 Å². The van der Waals surface area contributed by atoms with Crippen LogP contribution in [0.3, 0.4) is 0 Å². The number of rotatable bonds is 4. The van der Waals surface area contributed by atoms with Gasteiger partial charge in [-0.2, -0.15) is 5.26 Å². The molecule has 4 rings (SSSR count). The number of fused-ring (bicyclic) bond motifs is 1. The Kier molecular flexibility index (Phi) is 6.70. The zero-order valence-corrected chi connectivity index (χ0v) is 21.3. The Morgan fingerprint density at radius 2 is 1.79 bits per heavy atom. The first kappa shape index (κ1) is 23.2. The van der Waals surface area contributed by atoms with Crippen molar-refractivity contribution in [2.45, 2.75) is 12.8 Å². The maximum absolute atomic E-state index is 13.3. The monoisotopic (exact) mass is 585 g/mol. The minimum absolute atomic E-state index is 0.0212. The number of hydrogen-bond donors (Lipinski definition) is 1. The van der Waals surface area contributed by atoms with Crippen LogP contribution in [-0.2, 0) is 9.53 Å². The quantitative estimate of drug-likeness (QED) is 0.472. The third kappa shape index (κ3) is 4.34. The number of nitrogens with zero attached hydrogens (tertiary/aromatic N) is 2. The van der Waals surface area contributed by atoms with Crippen molar-refractivity contribution in [2.75, 3.05) is 6.61 Å². The Morgan fingerprint density at radius 3 is 2.36 bits per heavy atom. The summed E-state index contributed by atoms with van der Waals surface area (Å²) in [5.74, 6) is -1.43. The third-order valence-electron chi connectivity index (χ3n) is 5.14. The van der Waals surface area contributed by atoms with Crippen molar-refractivity contribution in [3.63, 3.8) is 0 Å². The Hall–Kier alpha value is -2.93. The van der Waals surface area contributed by atoms with E-state index in [1.165, 1.54) is 15.9 Å². The summed E-state index contributed by atoms with van der Waals surface area (Å²) in [4.78, 5) is 26.3. The van der Waals surface area contributed by atoms with E-state index in [0.717, 1.165) is 14.5 Å². The summed E-state index contributed by atoms with van der Waals surface area (Å²) >= 11 is 7.98. The second-order valence-corrected chi connectivity index (χ2v) is 10.00. The SMILES string of the molecule is CCOC(=O)C1=C(N)n2c(s/c(=C\c3ccc(Br)cc3)c2=O)=C(C#N)[C@H]1c1ccc(Br)cc1. The molecule has 1 aliphatic heterocycles. The molecule has 0 saturated carbocycles. The molecule has 2 aromatic carbocycles. The number of ether oxygens (including phenoxy) is 1. The van der Waals surface area contributed by atoms with Gasteiger partial charge in [0.05, 0.1) is 34.3 Å². The Bertz CT molecular complexity index is 1490. The number of carbonyl (C=O) groups is 1. The summed E-state index contributed by atoms with van der Waals surface area (Å²) in [5.41, 5.74) is 7.91. The van der Waals surface area contributed by atoms with E-state index >= 15 is 0 Å². The topological polar surface area (TPSA) is 98.1 Å². The van der Waals surface area contributed by atoms with Crippen molar-refractivity contribution in [2.24, 2.45) is 5.73 Å². The normalized spacial score (nSPS) is 15.9. The standard InChI is InChI=1S/C24H17Br2N3O3S/c1-2-32-24(31)20-19(14-5-9-16(26)10-6-14)17(12-27)23-29(21(20)28)22(30)18(33-23)11-13-3-7-15(25)8-4-13/h3-11,19H,2,28H2,1H3/b18-11-/t19-/m1/s1. The van der Waals surface area contributed by atoms with Crippen LogP contribution in [0.1, 0.15) is 24.0 Å². The molecule has 9 heteroatoms. The van der Waals surface area contributed by atoms with Gasteiger partial charge in [-0.3, -0.25) is 9.36 Å². The van der Waals surface area contributed by atoms with Crippen molar-refractivity contribution >= 4 is 66.6 Å². The predicted molar refractivity (Wildman–Crippen MR) is 135 cm³/mol. The van der Waals surface area contributed by atoms with Gasteiger partial charge in [-0.25, -0.2) is 4.79 Å². The van der Waals surface area contributed by atoms with Crippen molar-refractivity contribution in [3.8, 4) is 6.07 Å². The molecule has 0 bridgehead atoms. The van der Waals surface area contributed by atoms with Crippen LogP contribution >= 0.6 is 43.2 Å². The highest BCUT2D eigenvalue weighted by molar-refractivity contribution is 9.10. The summed E-state index contributed by atoms with van der Waals surface area (Å²) < 4.78 is 9.09. The van der Waals surface area contributed by atoms with Gasteiger partial charge in [-0.15, -0.1) is 11.3 Å². The van der Waals surface area contributed by atoms with Gasteiger partial charge in [-0.05, 0) is 48.4 Å². The summed E-state index contributed by atoms with van der Waals surface area (Å²) in [6.07, 6.45) is 1.74. The number of nitriles is 1. The Morgan fingerprint density at radius 1 is 1.18 bits per heavy atom. The lowest BCUT2D eigenvalue weighted by molar-refractivity contribution is -0.138. The summed E-state index contributed by atoms with van der Waals surface area (Å²) in [5, 5.41) is 10.1. The zero-order chi connectivity index (χ0) is 23.7. The van der Waals surface area contributed by atoms with E-state index in [4.69, 9.17) is 10.5 Å². The highest BCUT2D eigenvalue weighted by Crippen LogP contribution is 2.37. The lowest BCUT2D eigenvalue weighted by atomic mass is 9.84. The van der Waals surface area contributed by atoms with Crippen molar-refractivity contribution in [1.29, 1.82) is 5.26 Å². The largest absolute Gasteiger partial charge is 0.463 e. The molecule has 0 unspecified atom stereocenters. The first-order chi connectivity index (χ1) is 15.8. The molecular formula is C24H17Br2N3O3S. The number of hydrogen-bond acceptors (Lipinski definition) is 6. The molecule has 6 nitrogen and oxygen atoms in total. The number of benzene rings is 2. The number of thiazole rings is 1. The number of esters is 1. The van der Waals surface area contributed by atoms with E-state index in [2.05, 4.69) is 37.9 Å². The molecule has 0 spiro atoms. The minimum Gasteiger partial charge on any atom is -0.463 e. The average molecular weight is 587 g/mol. The molecule has 0 saturated heterocycles. The highest BCUT2D eigenvalue weighted by atomic mass is 79.9. The summed E-state index contributed by atoms with van der Waals surface area (Å²) in [7, 11) is 0. The van der Waals surface area contributed by atoms with Gasteiger partial charge in [0.15, 0.2) is 0 Å². The molecular weight excluding hydrogens is 570 g/mol. The molecule has 166 valence electrons. The van der Waals surface area contributed by atoms with Crippen LogP contribution in [-0.4, -0.2) is 17.1 Å². The van der Waals surface area contributed by atoms with E-state index in [-0.39, 0.29) is 29.1 Å². The lowest BCUT2D eigenvalue weighted by Crippen LogP contribution is -2.40. The zero-order valence-electron chi connectivity index (χ0n) is 17.3. The molecule has 0 fully saturated rings. The van der Waals surface area contributed by atoms with Gasteiger partial charge in [0.1, 0.15) is 10.5 Å². The van der Waals surface area contributed by atoms with Crippen molar-refractivity contribution in [3.05, 3.63) is 93.7 Å². The van der Waals surface area contributed by atoms with Crippen LogP contribution in [0.2, 0.25) is 0 Å². The molecule has 1 atom stereocenters. The number of carbonyl (C=O) groups excluding carboxylic acids is 1.